The van der Waals surface area contributed by atoms with Gasteiger partial charge in [-0.05, 0) is 65.9 Å². The normalized spacial score (nSPS) is 12.6. The summed E-state index contributed by atoms with van der Waals surface area (Å²) in [6, 6.07) is 8.44. The number of thiophene rings is 1. The molecule has 1 aromatic carbocycles. The minimum absolute atomic E-state index is 0.324. The molecule has 0 saturated heterocycles. The lowest BCUT2D eigenvalue weighted by molar-refractivity contribution is 0.499. The van der Waals surface area contributed by atoms with E-state index in [0.717, 1.165) is 25.8 Å². The van der Waals surface area contributed by atoms with Crippen molar-refractivity contribution in [3.8, 4) is 0 Å². The van der Waals surface area contributed by atoms with Crippen molar-refractivity contribution in [2.45, 2.75) is 32.2 Å². The van der Waals surface area contributed by atoms with Gasteiger partial charge in [-0.3, -0.25) is 0 Å². The van der Waals surface area contributed by atoms with Crippen molar-refractivity contribution < 1.29 is 0 Å². The molecule has 1 aromatic heterocycles. The zero-order valence-electron chi connectivity index (χ0n) is 11.5. The molecule has 108 valence electrons. The third-order valence-electron chi connectivity index (χ3n) is 3.29. The van der Waals surface area contributed by atoms with Gasteiger partial charge in [0.15, 0.2) is 0 Å². The lowest BCUT2D eigenvalue weighted by Gasteiger charge is -2.19. The molecule has 0 aliphatic carbocycles. The smallest absolute Gasteiger partial charge is 0.0595 e. The summed E-state index contributed by atoms with van der Waals surface area (Å²) >= 11 is 13.9. The van der Waals surface area contributed by atoms with Gasteiger partial charge in [-0.25, -0.2) is 0 Å². The zero-order chi connectivity index (χ0) is 14.4. The molecule has 0 bridgehead atoms. The Hall–Kier alpha value is -0.540. The molecule has 1 unspecified atom stereocenters. The summed E-state index contributed by atoms with van der Waals surface area (Å²) in [5, 5.41) is 9.18. The van der Waals surface area contributed by atoms with Gasteiger partial charge in [-0.15, -0.1) is 0 Å². The molecule has 0 fully saturated rings. The summed E-state index contributed by atoms with van der Waals surface area (Å²) in [7, 11) is 0. The SMILES string of the molecule is CCCNC(CCc1ccsc1)c1ccc(Cl)c(Cl)c1. The molecule has 1 N–H and O–H groups in total. The average molecular weight is 328 g/mol. The highest BCUT2D eigenvalue weighted by molar-refractivity contribution is 7.07. The molecular formula is C16H19Cl2NS. The number of halogens is 2. The summed E-state index contributed by atoms with van der Waals surface area (Å²) in [4.78, 5) is 0. The molecular weight excluding hydrogens is 309 g/mol. The summed E-state index contributed by atoms with van der Waals surface area (Å²) in [6.07, 6.45) is 3.26. The van der Waals surface area contributed by atoms with Crippen molar-refractivity contribution in [1.29, 1.82) is 0 Å². The lowest BCUT2D eigenvalue weighted by atomic mass is 10.00. The largest absolute Gasteiger partial charge is 0.310 e. The fourth-order valence-electron chi connectivity index (χ4n) is 2.18. The fraction of sp³-hybridized carbons (Fsp3) is 0.375. The second-order valence-electron chi connectivity index (χ2n) is 4.85. The van der Waals surface area contributed by atoms with Crippen LogP contribution >= 0.6 is 34.5 Å². The number of hydrogen-bond acceptors (Lipinski definition) is 2. The monoisotopic (exact) mass is 327 g/mol. The van der Waals surface area contributed by atoms with E-state index in [1.54, 1.807) is 11.3 Å². The van der Waals surface area contributed by atoms with Crippen LogP contribution < -0.4 is 5.32 Å². The van der Waals surface area contributed by atoms with Crippen LogP contribution in [0.5, 0.6) is 0 Å². The highest BCUT2D eigenvalue weighted by Crippen LogP contribution is 2.28. The molecule has 0 aliphatic heterocycles. The summed E-state index contributed by atoms with van der Waals surface area (Å²) in [5.41, 5.74) is 2.61. The third kappa shape index (κ3) is 4.49. The van der Waals surface area contributed by atoms with Gasteiger partial charge in [0.05, 0.1) is 10.0 Å². The number of rotatable bonds is 7. The standard InChI is InChI=1S/C16H19Cl2NS/c1-2-8-19-16(6-3-12-7-9-20-11-12)13-4-5-14(17)15(18)10-13/h4-5,7,9-11,16,19H,2-3,6,8H2,1H3. The van der Waals surface area contributed by atoms with E-state index >= 15 is 0 Å². The van der Waals surface area contributed by atoms with Crippen LogP contribution in [0.25, 0.3) is 0 Å². The molecule has 1 nitrogen and oxygen atoms in total. The molecule has 4 heteroatoms. The zero-order valence-corrected chi connectivity index (χ0v) is 13.9. The maximum absolute atomic E-state index is 6.13. The molecule has 0 aliphatic rings. The van der Waals surface area contributed by atoms with Crippen LogP contribution in [0, 0.1) is 0 Å². The van der Waals surface area contributed by atoms with Crippen molar-refractivity contribution >= 4 is 34.5 Å². The molecule has 20 heavy (non-hydrogen) atoms. The van der Waals surface area contributed by atoms with Crippen molar-refractivity contribution in [2.75, 3.05) is 6.54 Å². The van der Waals surface area contributed by atoms with Gasteiger partial charge in [0.25, 0.3) is 0 Å². The molecule has 1 heterocycles. The molecule has 0 radical (unpaired) electrons. The van der Waals surface area contributed by atoms with Crippen molar-refractivity contribution in [1.82, 2.24) is 5.32 Å². The fourth-order valence-corrected chi connectivity index (χ4v) is 3.19. The summed E-state index contributed by atoms with van der Waals surface area (Å²) in [5.74, 6) is 0. The van der Waals surface area contributed by atoms with Crippen LogP contribution in [0.3, 0.4) is 0 Å². The quantitative estimate of drug-likeness (QED) is 0.684. The number of benzene rings is 1. The minimum Gasteiger partial charge on any atom is -0.310 e. The highest BCUT2D eigenvalue weighted by Gasteiger charge is 2.12. The number of aryl methyl sites for hydroxylation is 1. The number of hydrogen-bond donors (Lipinski definition) is 1. The third-order valence-corrected chi connectivity index (χ3v) is 4.76. The maximum atomic E-state index is 6.13. The van der Waals surface area contributed by atoms with Gasteiger partial charge in [-0.1, -0.05) is 36.2 Å². The Bertz CT molecular complexity index is 525. The van der Waals surface area contributed by atoms with Crippen molar-refractivity contribution in [3.05, 3.63) is 56.2 Å². The Balaban J connectivity index is 2.07. The van der Waals surface area contributed by atoms with Crippen molar-refractivity contribution in [3.63, 3.8) is 0 Å². The first-order chi connectivity index (χ1) is 9.70. The average Bonchev–Trinajstić information content (AvgIpc) is 2.95. The van der Waals surface area contributed by atoms with Gasteiger partial charge in [0, 0.05) is 6.04 Å². The van der Waals surface area contributed by atoms with Crippen LogP contribution in [0.4, 0.5) is 0 Å². The molecule has 2 aromatic rings. The van der Waals surface area contributed by atoms with E-state index in [1.165, 1.54) is 11.1 Å². The summed E-state index contributed by atoms with van der Waals surface area (Å²) < 4.78 is 0. The molecule has 0 spiro atoms. The van der Waals surface area contributed by atoms with Gasteiger partial charge < -0.3 is 5.32 Å². The topological polar surface area (TPSA) is 12.0 Å². The van der Waals surface area contributed by atoms with E-state index in [-0.39, 0.29) is 0 Å². The maximum Gasteiger partial charge on any atom is 0.0595 e. The predicted molar refractivity (Wildman–Crippen MR) is 90.1 cm³/mol. The Morgan fingerprint density at radius 2 is 2.05 bits per heavy atom. The van der Waals surface area contributed by atoms with Crippen LogP contribution in [0.2, 0.25) is 10.0 Å². The molecule has 2 rings (SSSR count). The lowest BCUT2D eigenvalue weighted by Crippen LogP contribution is -2.22. The number of nitrogens with one attached hydrogen (secondary N) is 1. The van der Waals surface area contributed by atoms with Gasteiger partial charge >= 0.3 is 0 Å². The van der Waals surface area contributed by atoms with E-state index in [4.69, 9.17) is 23.2 Å². The molecule has 0 saturated carbocycles. The second kappa shape index (κ2) is 8.04. The first-order valence-electron chi connectivity index (χ1n) is 6.90. The Labute approximate surface area is 134 Å². The van der Waals surface area contributed by atoms with Crippen LogP contribution in [0.1, 0.15) is 36.9 Å². The molecule has 0 amide bonds. The minimum atomic E-state index is 0.324. The molecule has 1 atom stereocenters. The first kappa shape index (κ1) is 15.8. The van der Waals surface area contributed by atoms with Gasteiger partial charge in [-0.2, -0.15) is 11.3 Å². The summed E-state index contributed by atoms with van der Waals surface area (Å²) in [6.45, 7) is 3.19. The first-order valence-corrected chi connectivity index (χ1v) is 8.60. The van der Waals surface area contributed by atoms with E-state index in [1.807, 2.05) is 12.1 Å². The second-order valence-corrected chi connectivity index (χ2v) is 6.44. The Morgan fingerprint density at radius 1 is 1.20 bits per heavy atom. The predicted octanol–water partition coefficient (Wildman–Crippen LogP) is 5.73. The van der Waals surface area contributed by atoms with Gasteiger partial charge in [0.2, 0.25) is 0 Å². The van der Waals surface area contributed by atoms with E-state index < -0.39 is 0 Å². The van der Waals surface area contributed by atoms with Crippen LogP contribution in [0.15, 0.2) is 35.0 Å². The van der Waals surface area contributed by atoms with Crippen LogP contribution in [-0.4, -0.2) is 6.54 Å². The highest BCUT2D eigenvalue weighted by atomic mass is 35.5. The van der Waals surface area contributed by atoms with Gasteiger partial charge in [0.1, 0.15) is 0 Å². The van der Waals surface area contributed by atoms with E-state index in [2.05, 4.69) is 35.1 Å². The Morgan fingerprint density at radius 3 is 2.70 bits per heavy atom. The van der Waals surface area contributed by atoms with Crippen LogP contribution in [-0.2, 0) is 6.42 Å². The van der Waals surface area contributed by atoms with E-state index in [0.29, 0.717) is 16.1 Å². The van der Waals surface area contributed by atoms with E-state index in [9.17, 15) is 0 Å². The Kier molecular flexibility index (Phi) is 6.37. The van der Waals surface area contributed by atoms with Crippen molar-refractivity contribution in [2.24, 2.45) is 0 Å².